The largest absolute Gasteiger partial charge is 0.478 e. The smallest absolute Gasteiger partial charge is 0.335 e. The van der Waals surface area contributed by atoms with Gasteiger partial charge in [-0.3, -0.25) is 0 Å². The van der Waals surface area contributed by atoms with Gasteiger partial charge in [0.25, 0.3) is 0 Å². The van der Waals surface area contributed by atoms with Crippen molar-refractivity contribution in [3.05, 3.63) is 113 Å². The van der Waals surface area contributed by atoms with Gasteiger partial charge in [-0.05, 0) is 48.0 Å². The fourth-order valence-corrected chi connectivity index (χ4v) is 5.79. The topological polar surface area (TPSA) is 130 Å². The van der Waals surface area contributed by atoms with E-state index in [1.54, 1.807) is 55.0 Å². The van der Waals surface area contributed by atoms with Crippen LogP contribution in [0.2, 0.25) is 0 Å². The Hall–Kier alpha value is -5.56. The summed E-state index contributed by atoms with van der Waals surface area (Å²) in [6, 6.07) is 15.3. The number of aromatic nitrogens is 7. The number of rotatable bonds is 9. The molecule has 1 fully saturated rings. The molecule has 13 heteroatoms. The van der Waals surface area contributed by atoms with E-state index in [1.165, 1.54) is 10.7 Å². The first-order chi connectivity index (χ1) is 22.7. The van der Waals surface area contributed by atoms with Crippen LogP contribution in [0.4, 0.5) is 8.78 Å². The van der Waals surface area contributed by atoms with Gasteiger partial charge in [-0.1, -0.05) is 31.2 Å². The van der Waals surface area contributed by atoms with Crippen LogP contribution < -0.4 is 4.74 Å². The maximum absolute atomic E-state index is 15.7. The summed E-state index contributed by atoms with van der Waals surface area (Å²) in [6.07, 6.45) is 4.87. The number of benzene rings is 2. The molecule has 5 heterocycles. The SMILES string of the molecule is CC1(C)COCC1n1c(Cc2cc(F)c(-c3cccc(OCc4ccc(-n5ccnn5)nc4)n3)cc2F)nc2ccc(C(=O)O)cc21. The van der Waals surface area contributed by atoms with E-state index in [0.29, 0.717) is 35.9 Å². The summed E-state index contributed by atoms with van der Waals surface area (Å²) < 4.78 is 46.4. The number of ether oxygens (including phenoxy) is 2. The second-order valence-corrected chi connectivity index (χ2v) is 12.0. The molecule has 0 amide bonds. The molecule has 7 rings (SSSR count). The molecule has 0 bridgehead atoms. The van der Waals surface area contributed by atoms with Crippen LogP contribution in [0.25, 0.3) is 28.1 Å². The monoisotopic (exact) mass is 637 g/mol. The first-order valence-corrected chi connectivity index (χ1v) is 14.9. The van der Waals surface area contributed by atoms with Crippen LogP contribution in [0.1, 0.15) is 47.2 Å². The highest BCUT2D eigenvalue weighted by molar-refractivity contribution is 5.92. The predicted molar refractivity (Wildman–Crippen MR) is 166 cm³/mol. The number of carbonyl (C=O) groups is 1. The zero-order valence-corrected chi connectivity index (χ0v) is 25.5. The second-order valence-electron chi connectivity index (χ2n) is 12.0. The van der Waals surface area contributed by atoms with Crippen molar-refractivity contribution in [2.75, 3.05) is 13.2 Å². The van der Waals surface area contributed by atoms with Gasteiger partial charge in [0, 0.05) is 35.2 Å². The third kappa shape index (κ3) is 5.92. The molecule has 0 spiro atoms. The summed E-state index contributed by atoms with van der Waals surface area (Å²) in [7, 11) is 0. The average molecular weight is 638 g/mol. The minimum Gasteiger partial charge on any atom is -0.478 e. The van der Waals surface area contributed by atoms with E-state index in [2.05, 4.69) is 34.1 Å². The summed E-state index contributed by atoms with van der Waals surface area (Å²) in [4.78, 5) is 25.2. The summed E-state index contributed by atoms with van der Waals surface area (Å²) in [5, 5.41) is 17.3. The van der Waals surface area contributed by atoms with Crippen molar-refractivity contribution < 1.29 is 28.2 Å². The van der Waals surface area contributed by atoms with Gasteiger partial charge in [0.15, 0.2) is 5.82 Å². The first kappa shape index (κ1) is 30.1. The summed E-state index contributed by atoms with van der Waals surface area (Å²) >= 11 is 0. The van der Waals surface area contributed by atoms with Gasteiger partial charge in [0.05, 0.1) is 53.9 Å². The lowest BCUT2D eigenvalue weighted by Crippen LogP contribution is -2.27. The number of imidazole rings is 1. The van der Waals surface area contributed by atoms with E-state index in [0.717, 1.165) is 17.7 Å². The Morgan fingerprint density at radius 3 is 2.68 bits per heavy atom. The van der Waals surface area contributed by atoms with Crippen molar-refractivity contribution in [3.8, 4) is 23.0 Å². The van der Waals surface area contributed by atoms with Gasteiger partial charge in [0.1, 0.15) is 24.1 Å². The molecule has 47 heavy (non-hydrogen) atoms. The highest BCUT2D eigenvalue weighted by Gasteiger charge is 2.39. The number of halogens is 2. The van der Waals surface area contributed by atoms with E-state index in [9.17, 15) is 9.90 Å². The standard InChI is InChI=1S/C34H29F2N7O4/c1-34(2)19-46-18-29(34)43-28-13-21(33(44)45)7-8-27(28)39-31(43)14-22-12-25(36)23(15-24(22)35)26-4-3-5-32(40-26)47-17-20-6-9-30(37-16-20)42-11-10-38-41-42/h3-13,15-16,29H,14,17-19H2,1-2H3,(H,44,45). The molecule has 2 aromatic carbocycles. The maximum atomic E-state index is 15.7. The van der Waals surface area contributed by atoms with Crippen molar-refractivity contribution in [2.45, 2.75) is 32.9 Å². The molecule has 1 aliphatic heterocycles. The number of aromatic carboxylic acids is 1. The highest BCUT2D eigenvalue weighted by Crippen LogP contribution is 2.40. The maximum Gasteiger partial charge on any atom is 0.335 e. The Bertz CT molecular complexity index is 2100. The van der Waals surface area contributed by atoms with Gasteiger partial charge in [-0.25, -0.2) is 33.2 Å². The molecule has 0 aliphatic carbocycles. The first-order valence-electron chi connectivity index (χ1n) is 14.9. The molecule has 1 aliphatic rings. The lowest BCUT2D eigenvalue weighted by molar-refractivity contribution is 0.0697. The van der Waals surface area contributed by atoms with Gasteiger partial charge in [-0.2, -0.15) is 0 Å². The van der Waals surface area contributed by atoms with Crippen LogP contribution in [0.5, 0.6) is 5.88 Å². The van der Waals surface area contributed by atoms with Crippen molar-refractivity contribution in [3.63, 3.8) is 0 Å². The quantitative estimate of drug-likeness (QED) is 0.209. The third-order valence-corrected chi connectivity index (χ3v) is 8.31. The van der Waals surface area contributed by atoms with E-state index < -0.39 is 17.6 Å². The van der Waals surface area contributed by atoms with E-state index in [1.807, 2.05) is 10.6 Å². The van der Waals surface area contributed by atoms with Crippen molar-refractivity contribution in [1.82, 2.24) is 34.5 Å². The number of fused-ring (bicyclic) bond motifs is 1. The molecule has 1 N–H and O–H groups in total. The van der Waals surface area contributed by atoms with Crippen molar-refractivity contribution >= 4 is 17.0 Å². The van der Waals surface area contributed by atoms with Crippen molar-refractivity contribution in [1.29, 1.82) is 0 Å². The summed E-state index contributed by atoms with van der Waals surface area (Å²) in [5.74, 6) is -1.02. The number of nitrogens with zero attached hydrogens (tertiary/aromatic N) is 7. The number of carboxylic acid groups (broad SMARTS) is 1. The highest BCUT2D eigenvalue weighted by atomic mass is 19.1. The molecule has 1 saturated heterocycles. The molecule has 11 nitrogen and oxygen atoms in total. The van der Waals surface area contributed by atoms with Crippen molar-refractivity contribution in [2.24, 2.45) is 5.41 Å². The Kier molecular flexibility index (Phi) is 7.68. The third-order valence-electron chi connectivity index (χ3n) is 8.31. The Balaban J connectivity index is 1.14. The van der Waals surface area contributed by atoms with Crippen LogP contribution in [0.15, 0.2) is 79.3 Å². The van der Waals surface area contributed by atoms with E-state index >= 15 is 8.78 Å². The number of carboxylic acids is 1. The zero-order chi connectivity index (χ0) is 32.7. The minimum atomic E-state index is -1.06. The lowest BCUT2D eigenvalue weighted by Gasteiger charge is -2.28. The molecule has 0 radical (unpaired) electrons. The second kappa shape index (κ2) is 12.0. The average Bonchev–Trinajstić information content (AvgIpc) is 3.80. The Labute approximate surface area is 267 Å². The summed E-state index contributed by atoms with van der Waals surface area (Å²) in [5.41, 5.74) is 2.06. The molecule has 0 saturated carbocycles. The molecular formula is C34H29F2N7O4. The molecule has 1 atom stereocenters. The fraction of sp³-hybridized carbons (Fsp3) is 0.235. The van der Waals surface area contributed by atoms with E-state index in [4.69, 9.17) is 14.5 Å². The van der Waals surface area contributed by atoms with Gasteiger partial charge in [0.2, 0.25) is 5.88 Å². The van der Waals surface area contributed by atoms with Crippen LogP contribution >= 0.6 is 0 Å². The van der Waals surface area contributed by atoms with E-state index in [-0.39, 0.29) is 52.7 Å². The number of hydrogen-bond donors (Lipinski definition) is 1. The van der Waals surface area contributed by atoms with Gasteiger partial charge < -0.3 is 19.1 Å². The van der Waals surface area contributed by atoms with Crippen LogP contribution in [-0.2, 0) is 17.8 Å². The molecule has 1 unspecified atom stereocenters. The van der Waals surface area contributed by atoms with Crippen LogP contribution in [0, 0.1) is 17.0 Å². The fourth-order valence-electron chi connectivity index (χ4n) is 5.79. The molecule has 4 aromatic heterocycles. The minimum absolute atomic E-state index is 0.0134. The number of pyridine rings is 2. The summed E-state index contributed by atoms with van der Waals surface area (Å²) in [6.45, 7) is 5.14. The van der Waals surface area contributed by atoms with Gasteiger partial charge in [-0.15, -0.1) is 5.10 Å². The number of hydrogen-bond acceptors (Lipinski definition) is 8. The molecule has 238 valence electrons. The Morgan fingerprint density at radius 2 is 1.96 bits per heavy atom. The lowest BCUT2D eigenvalue weighted by atomic mass is 9.87. The molecular weight excluding hydrogens is 608 g/mol. The van der Waals surface area contributed by atoms with Crippen LogP contribution in [0.3, 0.4) is 0 Å². The normalized spacial score (nSPS) is 15.7. The predicted octanol–water partition coefficient (Wildman–Crippen LogP) is 5.82. The Morgan fingerprint density at radius 1 is 1.09 bits per heavy atom. The van der Waals surface area contributed by atoms with Crippen LogP contribution in [-0.4, -0.2) is 58.8 Å². The molecule has 6 aromatic rings. The van der Waals surface area contributed by atoms with Gasteiger partial charge >= 0.3 is 5.97 Å². The zero-order valence-electron chi connectivity index (χ0n) is 25.5.